The lowest BCUT2D eigenvalue weighted by molar-refractivity contribution is 0.0940. The maximum absolute atomic E-state index is 12.1. The van der Waals surface area contributed by atoms with E-state index in [0.717, 1.165) is 11.1 Å². The summed E-state index contributed by atoms with van der Waals surface area (Å²) in [6, 6.07) is 5.21. The Morgan fingerprint density at radius 2 is 2.22 bits per heavy atom. The standard InChI is InChI=1S/C13H16N4O/c1-8-3-10(5-12(14)4-8)13(18)17-9(2)11-6-15-16-7-11/h3-7,9H,14H2,1-2H3,(H,15,16)(H,17,18). The van der Waals surface area contributed by atoms with E-state index in [4.69, 9.17) is 5.73 Å². The Balaban J connectivity index is 2.12. The van der Waals surface area contributed by atoms with Crippen molar-refractivity contribution >= 4 is 11.6 Å². The number of hydrogen-bond acceptors (Lipinski definition) is 3. The number of aromatic amines is 1. The minimum Gasteiger partial charge on any atom is -0.399 e. The number of hydrogen-bond donors (Lipinski definition) is 3. The monoisotopic (exact) mass is 244 g/mol. The van der Waals surface area contributed by atoms with E-state index in [-0.39, 0.29) is 11.9 Å². The molecule has 0 aliphatic heterocycles. The summed E-state index contributed by atoms with van der Waals surface area (Å²) in [6.45, 7) is 3.81. The molecule has 0 radical (unpaired) electrons. The molecule has 0 aliphatic carbocycles. The average Bonchev–Trinajstić information content (AvgIpc) is 2.80. The van der Waals surface area contributed by atoms with Crippen molar-refractivity contribution in [3.05, 3.63) is 47.3 Å². The summed E-state index contributed by atoms with van der Waals surface area (Å²) >= 11 is 0. The quantitative estimate of drug-likeness (QED) is 0.720. The number of amides is 1. The van der Waals surface area contributed by atoms with Crippen LogP contribution in [0, 0.1) is 6.92 Å². The van der Waals surface area contributed by atoms with Gasteiger partial charge in [0.15, 0.2) is 0 Å². The number of carbonyl (C=O) groups excluding carboxylic acids is 1. The lowest BCUT2D eigenvalue weighted by Crippen LogP contribution is -2.26. The number of aryl methyl sites for hydroxylation is 1. The highest BCUT2D eigenvalue weighted by Crippen LogP contribution is 2.14. The number of H-pyrrole nitrogens is 1. The van der Waals surface area contributed by atoms with Crippen molar-refractivity contribution in [2.75, 3.05) is 5.73 Å². The molecule has 18 heavy (non-hydrogen) atoms. The predicted molar refractivity (Wildman–Crippen MR) is 70.1 cm³/mol. The van der Waals surface area contributed by atoms with Crippen molar-refractivity contribution in [1.29, 1.82) is 0 Å². The van der Waals surface area contributed by atoms with Gasteiger partial charge in [0.2, 0.25) is 0 Å². The Labute approximate surface area is 105 Å². The van der Waals surface area contributed by atoms with Crippen molar-refractivity contribution in [1.82, 2.24) is 15.5 Å². The van der Waals surface area contributed by atoms with Gasteiger partial charge in [0, 0.05) is 23.0 Å². The van der Waals surface area contributed by atoms with Crippen molar-refractivity contribution < 1.29 is 4.79 Å². The maximum atomic E-state index is 12.1. The minimum absolute atomic E-state index is 0.0991. The maximum Gasteiger partial charge on any atom is 0.251 e. The summed E-state index contributed by atoms with van der Waals surface area (Å²) in [5.74, 6) is -0.140. The Morgan fingerprint density at radius 1 is 1.44 bits per heavy atom. The van der Waals surface area contributed by atoms with Crippen LogP contribution < -0.4 is 11.1 Å². The van der Waals surface area contributed by atoms with Crippen LogP contribution in [0.5, 0.6) is 0 Å². The molecule has 0 aliphatic rings. The summed E-state index contributed by atoms with van der Waals surface area (Å²) in [5, 5.41) is 9.47. The second-order valence-electron chi connectivity index (χ2n) is 4.36. The molecule has 0 spiro atoms. The van der Waals surface area contributed by atoms with Gasteiger partial charge in [-0.1, -0.05) is 0 Å². The molecule has 1 amide bonds. The molecule has 5 nitrogen and oxygen atoms in total. The number of nitrogens with one attached hydrogen (secondary N) is 2. The van der Waals surface area contributed by atoms with Crippen LogP contribution in [0.1, 0.15) is 34.5 Å². The Morgan fingerprint density at radius 3 is 2.83 bits per heavy atom. The molecule has 1 aromatic heterocycles. The minimum atomic E-state index is -0.140. The van der Waals surface area contributed by atoms with Crippen LogP contribution in [0.4, 0.5) is 5.69 Å². The van der Waals surface area contributed by atoms with E-state index in [0.29, 0.717) is 11.3 Å². The second kappa shape index (κ2) is 4.91. The predicted octanol–water partition coefficient (Wildman–Crippen LogP) is 1.79. The number of nitrogen functional groups attached to an aromatic ring is 1. The van der Waals surface area contributed by atoms with Crippen molar-refractivity contribution in [2.24, 2.45) is 0 Å². The normalized spacial score (nSPS) is 12.1. The second-order valence-corrected chi connectivity index (χ2v) is 4.36. The van der Waals surface area contributed by atoms with E-state index in [1.165, 1.54) is 0 Å². The first kappa shape index (κ1) is 12.2. The molecule has 5 heteroatoms. The average molecular weight is 244 g/mol. The SMILES string of the molecule is Cc1cc(N)cc(C(=O)NC(C)c2cn[nH]c2)c1. The van der Waals surface area contributed by atoms with E-state index in [2.05, 4.69) is 15.5 Å². The van der Waals surface area contributed by atoms with Gasteiger partial charge in [-0.05, 0) is 37.6 Å². The molecule has 1 atom stereocenters. The van der Waals surface area contributed by atoms with Crippen LogP contribution >= 0.6 is 0 Å². The lowest BCUT2D eigenvalue weighted by Gasteiger charge is -2.12. The van der Waals surface area contributed by atoms with Gasteiger partial charge in [0.05, 0.1) is 12.2 Å². The summed E-state index contributed by atoms with van der Waals surface area (Å²) in [6.07, 6.45) is 3.45. The molecule has 0 bridgehead atoms. The number of rotatable bonds is 3. The topological polar surface area (TPSA) is 83.8 Å². The van der Waals surface area contributed by atoms with E-state index in [1.54, 1.807) is 18.5 Å². The fraction of sp³-hybridized carbons (Fsp3) is 0.231. The molecular weight excluding hydrogens is 228 g/mol. The number of nitrogens with two attached hydrogens (primary N) is 1. The van der Waals surface area contributed by atoms with E-state index >= 15 is 0 Å². The van der Waals surface area contributed by atoms with E-state index < -0.39 is 0 Å². The van der Waals surface area contributed by atoms with Gasteiger partial charge in [-0.25, -0.2) is 0 Å². The van der Waals surface area contributed by atoms with Crippen LogP contribution in [0.2, 0.25) is 0 Å². The first-order valence-corrected chi connectivity index (χ1v) is 5.73. The van der Waals surface area contributed by atoms with Crippen LogP contribution in [-0.2, 0) is 0 Å². The van der Waals surface area contributed by atoms with Crippen LogP contribution in [0.3, 0.4) is 0 Å². The third-order valence-electron chi connectivity index (χ3n) is 2.73. The Kier molecular flexibility index (Phi) is 3.32. The summed E-state index contributed by atoms with van der Waals surface area (Å²) < 4.78 is 0. The molecule has 1 heterocycles. The van der Waals surface area contributed by atoms with Gasteiger partial charge in [-0.2, -0.15) is 5.10 Å². The van der Waals surface area contributed by atoms with Gasteiger partial charge in [0.25, 0.3) is 5.91 Å². The molecule has 1 unspecified atom stereocenters. The van der Waals surface area contributed by atoms with Gasteiger partial charge in [-0.15, -0.1) is 0 Å². The molecular formula is C13H16N4O. The number of benzene rings is 1. The molecule has 94 valence electrons. The smallest absolute Gasteiger partial charge is 0.251 e. The molecule has 0 fully saturated rings. The Hall–Kier alpha value is -2.30. The molecule has 2 aromatic rings. The van der Waals surface area contributed by atoms with Crippen molar-refractivity contribution in [2.45, 2.75) is 19.9 Å². The number of nitrogens with zero attached hydrogens (tertiary/aromatic N) is 1. The highest BCUT2D eigenvalue weighted by molar-refractivity contribution is 5.95. The Bertz CT molecular complexity index is 528. The zero-order chi connectivity index (χ0) is 13.1. The first-order chi connectivity index (χ1) is 8.56. The zero-order valence-corrected chi connectivity index (χ0v) is 10.4. The fourth-order valence-corrected chi connectivity index (χ4v) is 1.80. The van der Waals surface area contributed by atoms with E-state index in [1.807, 2.05) is 26.0 Å². The zero-order valence-electron chi connectivity index (χ0n) is 10.4. The van der Waals surface area contributed by atoms with Crippen LogP contribution in [-0.4, -0.2) is 16.1 Å². The number of carbonyl (C=O) groups is 1. The van der Waals surface area contributed by atoms with E-state index in [9.17, 15) is 4.79 Å². The highest BCUT2D eigenvalue weighted by Gasteiger charge is 2.12. The molecule has 2 rings (SSSR count). The summed E-state index contributed by atoms with van der Waals surface area (Å²) in [4.78, 5) is 12.1. The molecule has 4 N–H and O–H groups in total. The molecule has 0 saturated heterocycles. The summed E-state index contributed by atoms with van der Waals surface area (Å²) in [5.41, 5.74) is 8.80. The van der Waals surface area contributed by atoms with Crippen molar-refractivity contribution in [3.63, 3.8) is 0 Å². The van der Waals surface area contributed by atoms with Crippen LogP contribution in [0.25, 0.3) is 0 Å². The molecule has 1 aromatic carbocycles. The van der Waals surface area contributed by atoms with Gasteiger partial charge in [0.1, 0.15) is 0 Å². The summed E-state index contributed by atoms with van der Waals surface area (Å²) in [7, 11) is 0. The first-order valence-electron chi connectivity index (χ1n) is 5.73. The highest BCUT2D eigenvalue weighted by atomic mass is 16.1. The molecule has 0 saturated carbocycles. The largest absolute Gasteiger partial charge is 0.399 e. The number of aromatic nitrogens is 2. The third-order valence-corrected chi connectivity index (χ3v) is 2.73. The van der Waals surface area contributed by atoms with Crippen molar-refractivity contribution in [3.8, 4) is 0 Å². The van der Waals surface area contributed by atoms with Crippen LogP contribution in [0.15, 0.2) is 30.6 Å². The fourth-order valence-electron chi connectivity index (χ4n) is 1.80. The van der Waals surface area contributed by atoms with Gasteiger partial charge >= 0.3 is 0 Å². The third kappa shape index (κ3) is 2.68. The van der Waals surface area contributed by atoms with Gasteiger partial charge < -0.3 is 11.1 Å². The van der Waals surface area contributed by atoms with Gasteiger partial charge in [-0.3, -0.25) is 9.89 Å². The lowest BCUT2D eigenvalue weighted by atomic mass is 10.1. The number of anilines is 1.